The van der Waals surface area contributed by atoms with Crippen LogP contribution in [0, 0.1) is 5.92 Å². The van der Waals surface area contributed by atoms with E-state index in [0.717, 1.165) is 19.1 Å². The van der Waals surface area contributed by atoms with Gasteiger partial charge in [-0.3, -0.25) is 0 Å². The highest BCUT2D eigenvalue weighted by Gasteiger charge is 2.52. The molecule has 0 aliphatic heterocycles. The molecule has 0 radical (unpaired) electrons. The standard InChI is InChI=1S/C10H17ClO/c1-2-3-4-5-6-9-7-10(9,11)8-12/h8-9H,2-7H2,1H3/t9-,10-/m1/s1. The van der Waals surface area contributed by atoms with Crippen LogP contribution in [0.2, 0.25) is 0 Å². The number of carbonyl (C=O) groups is 1. The van der Waals surface area contributed by atoms with Gasteiger partial charge in [-0.1, -0.05) is 32.6 Å². The Bertz CT molecular complexity index is 158. The summed E-state index contributed by atoms with van der Waals surface area (Å²) in [7, 11) is 0. The molecule has 0 amide bonds. The van der Waals surface area contributed by atoms with Gasteiger partial charge >= 0.3 is 0 Å². The lowest BCUT2D eigenvalue weighted by Crippen LogP contribution is -2.03. The van der Waals surface area contributed by atoms with E-state index in [1.807, 2.05) is 0 Å². The summed E-state index contributed by atoms with van der Waals surface area (Å²) in [6.45, 7) is 2.20. The van der Waals surface area contributed by atoms with Gasteiger partial charge in [0, 0.05) is 0 Å². The minimum atomic E-state index is -0.452. The topological polar surface area (TPSA) is 17.1 Å². The van der Waals surface area contributed by atoms with Crippen molar-refractivity contribution in [2.75, 3.05) is 0 Å². The number of hydrogen-bond donors (Lipinski definition) is 0. The van der Waals surface area contributed by atoms with Crippen molar-refractivity contribution in [1.82, 2.24) is 0 Å². The van der Waals surface area contributed by atoms with Crippen LogP contribution in [-0.2, 0) is 4.79 Å². The normalized spacial score (nSPS) is 33.3. The van der Waals surface area contributed by atoms with E-state index < -0.39 is 4.87 Å². The van der Waals surface area contributed by atoms with Crippen molar-refractivity contribution >= 4 is 17.9 Å². The molecule has 2 heteroatoms. The van der Waals surface area contributed by atoms with Gasteiger partial charge in [0.2, 0.25) is 0 Å². The SMILES string of the molecule is CCCCCC[C@@H]1C[C@@]1(Cl)C=O. The van der Waals surface area contributed by atoms with E-state index in [2.05, 4.69) is 6.92 Å². The molecule has 1 nitrogen and oxygen atoms in total. The number of rotatable bonds is 6. The highest BCUT2D eigenvalue weighted by Crippen LogP contribution is 2.50. The number of aldehydes is 1. The van der Waals surface area contributed by atoms with E-state index >= 15 is 0 Å². The van der Waals surface area contributed by atoms with Gasteiger partial charge in [0.15, 0.2) is 0 Å². The fraction of sp³-hybridized carbons (Fsp3) is 0.900. The van der Waals surface area contributed by atoms with Crippen molar-refractivity contribution in [3.63, 3.8) is 0 Å². The minimum absolute atomic E-state index is 0.452. The molecule has 0 bridgehead atoms. The molecule has 0 saturated heterocycles. The van der Waals surface area contributed by atoms with E-state index in [1.54, 1.807) is 0 Å². The lowest BCUT2D eigenvalue weighted by Gasteiger charge is -1.99. The summed E-state index contributed by atoms with van der Waals surface area (Å²) in [5.41, 5.74) is 0. The van der Waals surface area contributed by atoms with Gasteiger partial charge in [-0.25, -0.2) is 0 Å². The van der Waals surface area contributed by atoms with Crippen LogP contribution >= 0.6 is 11.6 Å². The average Bonchev–Trinajstić information content (AvgIpc) is 2.73. The van der Waals surface area contributed by atoms with Crippen LogP contribution in [0.1, 0.15) is 45.4 Å². The summed E-state index contributed by atoms with van der Waals surface area (Å²) in [6, 6.07) is 0. The van der Waals surface area contributed by atoms with Crippen molar-refractivity contribution in [2.24, 2.45) is 5.92 Å². The second-order valence-electron chi connectivity index (χ2n) is 3.79. The molecule has 1 fully saturated rings. The van der Waals surface area contributed by atoms with Crippen molar-refractivity contribution in [2.45, 2.75) is 50.3 Å². The molecule has 70 valence electrons. The average molecular weight is 189 g/mol. The quantitative estimate of drug-likeness (QED) is 0.356. The molecular weight excluding hydrogens is 172 g/mol. The molecular formula is C10H17ClO. The van der Waals surface area contributed by atoms with Crippen LogP contribution in [-0.4, -0.2) is 11.2 Å². The summed E-state index contributed by atoms with van der Waals surface area (Å²) in [5, 5.41) is 0. The van der Waals surface area contributed by atoms with E-state index in [9.17, 15) is 4.79 Å². The van der Waals surface area contributed by atoms with Crippen LogP contribution in [0.25, 0.3) is 0 Å². The van der Waals surface area contributed by atoms with Crippen LogP contribution < -0.4 is 0 Å². The maximum Gasteiger partial charge on any atom is 0.141 e. The first kappa shape index (κ1) is 10.0. The molecule has 12 heavy (non-hydrogen) atoms. The Kier molecular flexibility index (Phi) is 3.57. The van der Waals surface area contributed by atoms with Crippen LogP contribution in [0.3, 0.4) is 0 Å². The molecule has 1 aliphatic carbocycles. The zero-order chi connectivity index (χ0) is 9.03. The van der Waals surface area contributed by atoms with Gasteiger partial charge in [-0.15, -0.1) is 11.6 Å². The number of unbranched alkanes of at least 4 members (excludes halogenated alkanes) is 3. The van der Waals surface area contributed by atoms with Crippen molar-refractivity contribution in [3.8, 4) is 0 Å². The Labute approximate surface area is 79.5 Å². The molecule has 0 aromatic rings. The Morgan fingerprint density at radius 2 is 2.25 bits per heavy atom. The lowest BCUT2D eigenvalue weighted by atomic mass is 10.1. The third-order valence-corrected chi connectivity index (χ3v) is 3.23. The predicted octanol–water partition coefficient (Wildman–Crippen LogP) is 3.15. The van der Waals surface area contributed by atoms with Gasteiger partial charge in [-0.05, 0) is 18.8 Å². The Hall–Kier alpha value is -0.0400. The van der Waals surface area contributed by atoms with E-state index in [0.29, 0.717) is 5.92 Å². The number of carbonyl (C=O) groups excluding carboxylic acids is 1. The number of halogens is 1. The fourth-order valence-corrected chi connectivity index (χ4v) is 1.92. The zero-order valence-electron chi connectivity index (χ0n) is 7.68. The van der Waals surface area contributed by atoms with Gasteiger partial charge < -0.3 is 4.79 Å². The van der Waals surface area contributed by atoms with Gasteiger partial charge in [-0.2, -0.15) is 0 Å². The first-order chi connectivity index (χ1) is 5.73. The second kappa shape index (κ2) is 4.27. The summed E-state index contributed by atoms with van der Waals surface area (Å²) in [5.74, 6) is 0.480. The molecule has 0 N–H and O–H groups in total. The van der Waals surface area contributed by atoms with Crippen LogP contribution in [0.4, 0.5) is 0 Å². The van der Waals surface area contributed by atoms with Crippen LogP contribution in [0.5, 0.6) is 0 Å². The first-order valence-electron chi connectivity index (χ1n) is 4.88. The Morgan fingerprint density at radius 1 is 1.50 bits per heavy atom. The maximum atomic E-state index is 10.5. The second-order valence-corrected chi connectivity index (χ2v) is 4.50. The molecule has 0 unspecified atom stereocenters. The first-order valence-corrected chi connectivity index (χ1v) is 5.26. The predicted molar refractivity (Wildman–Crippen MR) is 51.5 cm³/mol. The molecule has 0 aromatic heterocycles. The highest BCUT2D eigenvalue weighted by atomic mass is 35.5. The molecule has 1 aliphatic rings. The third-order valence-electron chi connectivity index (χ3n) is 2.68. The van der Waals surface area contributed by atoms with Gasteiger partial charge in [0.25, 0.3) is 0 Å². The molecule has 0 heterocycles. The number of hydrogen-bond acceptors (Lipinski definition) is 1. The molecule has 1 rings (SSSR count). The van der Waals surface area contributed by atoms with Crippen molar-refractivity contribution in [1.29, 1.82) is 0 Å². The maximum absolute atomic E-state index is 10.5. The summed E-state index contributed by atoms with van der Waals surface area (Å²) in [6.07, 6.45) is 8.07. The summed E-state index contributed by atoms with van der Waals surface area (Å²) >= 11 is 5.94. The largest absolute Gasteiger partial charge is 0.301 e. The van der Waals surface area contributed by atoms with Crippen molar-refractivity contribution in [3.05, 3.63) is 0 Å². The molecule has 0 spiro atoms. The van der Waals surface area contributed by atoms with Gasteiger partial charge in [0.1, 0.15) is 11.2 Å². The smallest absolute Gasteiger partial charge is 0.141 e. The lowest BCUT2D eigenvalue weighted by molar-refractivity contribution is -0.108. The molecule has 1 saturated carbocycles. The van der Waals surface area contributed by atoms with Gasteiger partial charge in [0.05, 0.1) is 0 Å². The number of alkyl halides is 1. The molecule has 2 atom stereocenters. The minimum Gasteiger partial charge on any atom is -0.301 e. The highest BCUT2D eigenvalue weighted by molar-refractivity contribution is 6.34. The monoisotopic (exact) mass is 188 g/mol. The van der Waals surface area contributed by atoms with E-state index in [4.69, 9.17) is 11.6 Å². The van der Waals surface area contributed by atoms with E-state index in [-0.39, 0.29) is 0 Å². The van der Waals surface area contributed by atoms with Crippen molar-refractivity contribution < 1.29 is 4.79 Å². The Balaban J connectivity index is 2.00. The summed E-state index contributed by atoms with van der Waals surface area (Å²) < 4.78 is 0. The Morgan fingerprint density at radius 3 is 2.75 bits per heavy atom. The fourth-order valence-electron chi connectivity index (χ4n) is 1.62. The molecule has 0 aromatic carbocycles. The summed E-state index contributed by atoms with van der Waals surface area (Å²) in [4.78, 5) is 10.0. The van der Waals surface area contributed by atoms with E-state index in [1.165, 1.54) is 25.7 Å². The zero-order valence-corrected chi connectivity index (χ0v) is 8.44. The third kappa shape index (κ3) is 2.48. The van der Waals surface area contributed by atoms with Crippen LogP contribution in [0.15, 0.2) is 0 Å².